The van der Waals surface area contributed by atoms with Crippen molar-refractivity contribution >= 4 is 37.3 Å². The second-order valence-corrected chi connectivity index (χ2v) is 7.29. The van der Waals surface area contributed by atoms with Crippen LogP contribution in [0.1, 0.15) is 30.9 Å². The van der Waals surface area contributed by atoms with Crippen molar-refractivity contribution in [2.24, 2.45) is 0 Å². The minimum Gasteiger partial charge on any atom is -0.360 e. The SMILES string of the molecule is CC(C)c1ccc(CN(C)c2ssc(=O)c2Cl)cc1. The Kier molecular flexibility index (Phi) is 4.66. The van der Waals surface area contributed by atoms with E-state index in [1.165, 1.54) is 31.8 Å². The van der Waals surface area contributed by atoms with Crippen LogP contribution in [0.25, 0.3) is 0 Å². The quantitative estimate of drug-likeness (QED) is 0.770. The molecule has 102 valence electrons. The Morgan fingerprint density at radius 1 is 1.21 bits per heavy atom. The molecule has 0 saturated carbocycles. The maximum absolute atomic E-state index is 11.4. The first-order valence-corrected chi connectivity index (χ1v) is 8.60. The fourth-order valence-electron chi connectivity index (χ4n) is 1.82. The van der Waals surface area contributed by atoms with Crippen molar-refractivity contribution in [3.8, 4) is 0 Å². The third-order valence-corrected chi connectivity index (χ3v) is 5.84. The van der Waals surface area contributed by atoms with Gasteiger partial charge in [0.05, 0.1) is 0 Å². The maximum Gasteiger partial charge on any atom is 0.263 e. The summed E-state index contributed by atoms with van der Waals surface area (Å²) in [5.41, 5.74) is 2.55. The minimum atomic E-state index is -0.0522. The van der Waals surface area contributed by atoms with Gasteiger partial charge in [-0.25, -0.2) is 0 Å². The van der Waals surface area contributed by atoms with Crippen molar-refractivity contribution in [3.05, 3.63) is 50.0 Å². The number of benzene rings is 1. The summed E-state index contributed by atoms with van der Waals surface area (Å²) in [6, 6.07) is 8.58. The summed E-state index contributed by atoms with van der Waals surface area (Å²) in [7, 11) is 4.58. The summed E-state index contributed by atoms with van der Waals surface area (Å²) in [6.07, 6.45) is 0. The highest BCUT2D eigenvalue weighted by Gasteiger charge is 2.13. The van der Waals surface area contributed by atoms with Gasteiger partial charge in [-0.15, -0.1) is 0 Å². The molecule has 0 fully saturated rings. The number of hydrogen-bond donors (Lipinski definition) is 0. The lowest BCUT2D eigenvalue weighted by atomic mass is 10.0. The highest BCUT2D eigenvalue weighted by atomic mass is 35.5. The van der Waals surface area contributed by atoms with E-state index in [-0.39, 0.29) is 4.74 Å². The van der Waals surface area contributed by atoms with Crippen LogP contribution in [0, 0.1) is 0 Å². The Hall–Kier alpha value is -0.840. The Balaban J connectivity index is 2.12. The van der Waals surface area contributed by atoms with E-state index >= 15 is 0 Å². The Morgan fingerprint density at radius 3 is 2.32 bits per heavy atom. The fraction of sp³-hybridized carbons (Fsp3) is 0.357. The first-order valence-electron chi connectivity index (χ1n) is 6.07. The first-order chi connectivity index (χ1) is 8.99. The summed E-state index contributed by atoms with van der Waals surface area (Å²) < 4.78 is -0.0522. The number of anilines is 1. The van der Waals surface area contributed by atoms with Crippen molar-refractivity contribution in [1.82, 2.24) is 0 Å². The third kappa shape index (κ3) is 3.38. The highest BCUT2D eigenvalue weighted by molar-refractivity contribution is 7.70. The van der Waals surface area contributed by atoms with E-state index in [0.29, 0.717) is 10.9 Å². The van der Waals surface area contributed by atoms with Gasteiger partial charge in [-0.05, 0) is 27.4 Å². The molecule has 2 rings (SSSR count). The largest absolute Gasteiger partial charge is 0.360 e. The zero-order chi connectivity index (χ0) is 14.0. The van der Waals surface area contributed by atoms with Gasteiger partial charge < -0.3 is 4.90 Å². The van der Waals surface area contributed by atoms with Gasteiger partial charge in [0.15, 0.2) is 0 Å². The monoisotopic (exact) mass is 313 g/mol. The van der Waals surface area contributed by atoms with E-state index in [4.69, 9.17) is 11.6 Å². The molecule has 5 heteroatoms. The lowest BCUT2D eigenvalue weighted by molar-refractivity contribution is 0.862. The predicted octanol–water partition coefficient (Wildman–Crippen LogP) is 4.58. The van der Waals surface area contributed by atoms with Gasteiger partial charge in [-0.1, -0.05) is 60.1 Å². The van der Waals surface area contributed by atoms with Gasteiger partial charge in [0.25, 0.3) is 4.74 Å². The molecular weight excluding hydrogens is 298 g/mol. The molecule has 0 spiro atoms. The predicted molar refractivity (Wildman–Crippen MR) is 86.1 cm³/mol. The number of halogens is 1. The summed E-state index contributed by atoms with van der Waals surface area (Å²) in [6.45, 7) is 5.12. The zero-order valence-corrected chi connectivity index (χ0v) is 13.5. The Labute approximate surface area is 125 Å². The van der Waals surface area contributed by atoms with Crippen LogP contribution in [0.5, 0.6) is 0 Å². The van der Waals surface area contributed by atoms with E-state index < -0.39 is 0 Å². The summed E-state index contributed by atoms with van der Waals surface area (Å²) in [5.74, 6) is 0.545. The first kappa shape index (κ1) is 14.6. The highest BCUT2D eigenvalue weighted by Crippen LogP contribution is 2.31. The molecule has 2 aromatic rings. The molecule has 0 saturated heterocycles. The van der Waals surface area contributed by atoms with Crippen LogP contribution in [0.4, 0.5) is 5.00 Å². The van der Waals surface area contributed by atoms with E-state index in [9.17, 15) is 4.79 Å². The maximum atomic E-state index is 11.4. The minimum absolute atomic E-state index is 0.0522. The van der Waals surface area contributed by atoms with Crippen molar-refractivity contribution < 1.29 is 0 Å². The normalized spacial score (nSPS) is 11.0. The van der Waals surface area contributed by atoms with Crippen LogP contribution in [-0.2, 0) is 6.54 Å². The molecule has 1 aromatic carbocycles. The molecule has 0 amide bonds. The molecule has 0 atom stereocenters. The van der Waals surface area contributed by atoms with E-state index in [0.717, 1.165) is 11.5 Å². The molecular formula is C14H16ClNOS2. The Bertz CT molecular complexity index is 601. The van der Waals surface area contributed by atoms with E-state index in [1.54, 1.807) is 0 Å². The summed E-state index contributed by atoms with van der Waals surface area (Å²) >= 11 is 6.00. The fourth-order valence-corrected chi connectivity index (χ4v) is 4.57. The molecule has 0 unspecified atom stereocenters. The lowest BCUT2D eigenvalue weighted by Gasteiger charge is -2.17. The van der Waals surface area contributed by atoms with E-state index in [2.05, 4.69) is 38.1 Å². The molecule has 0 aliphatic rings. The van der Waals surface area contributed by atoms with Crippen molar-refractivity contribution in [1.29, 1.82) is 0 Å². The zero-order valence-electron chi connectivity index (χ0n) is 11.1. The average molecular weight is 314 g/mol. The molecule has 19 heavy (non-hydrogen) atoms. The number of nitrogens with zero attached hydrogens (tertiary/aromatic N) is 1. The summed E-state index contributed by atoms with van der Waals surface area (Å²) in [4.78, 5) is 13.4. The van der Waals surface area contributed by atoms with Crippen molar-refractivity contribution in [2.75, 3.05) is 11.9 Å². The topological polar surface area (TPSA) is 20.3 Å². The van der Waals surface area contributed by atoms with Crippen molar-refractivity contribution in [3.63, 3.8) is 0 Å². The molecule has 2 nitrogen and oxygen atoms in total. The van der Waals surface area contributed by atoms with Crippen LogP contribution >= 0.6 is 32.3 Å². The lowest BCUT2D eigenvalue weighted by Crippen LogP contribution is -2.16. The molecule has 0 radical (unpaired) electrons. The van der Waals surface area contributed by atoms with Gasteiger partial charge in [-0.3, -0.25) is 4.79 Å². The van der Waals surface area contributed by atoms with Gasteiger partial charge in [0.1, 0.15) is 10.0 Å². The molecule has 0 N–H and O–H groups in total. The Morgan fingerprint density at radius 2 is 1.84 bits per heavy atom. The van der Waals surface area contributed by atoms with Crippen LogP contribution in [0.15, 0.2) is 29.1 Å². The molecule has 0 aliphatic carbocycles. The van der Waals surface area contributed by atoms with E-state index in [1.807, 2.05) is 11.9 Å². The standard InChI is InChI=1S/C14H16ClNOS2/c1-9(2)11-6-4-10(5-7-11)8-16(3)13-12(15)14(17)19-18-13/h4-7,9H,8H2,1-3H3. The van der Waals surface area contributed by atoms with Gasteiger partial charge in [0, 0.05) is 13.6 Å². The van der Waals surface area contributed by atoms with Gasteiger partial charge in [-0.2, -0.15) is 0 Å². The molecule has 0 aliphatic heterocycles. The van der Waals surface area contributed by atoms with Gasteiger partial charge in [0.2, 0.25) is 0 Å². The average Bonchev–Trinajstić information content (AvgIpc) is 2.70. The second-order valence-electron chi connectivity index (χ2n) is 4.83. The smallest absolute Gasteiger partial charge is 0.263 e. The second kappa shape index (κ2) is 6.07. The molecule has 1 heterocycles. The van der Waals surface area contributed by atoms with Crippen LogP contribution in [0.2, 0.25) is 5.02 Å². The number of hydrogen-bond acceptors (Lipinski definition) is 4. The van der Waals surface area contributed by atoms with Crippen molar-refractivity contribution in [2.45, 2.75) is 26.3 Å². The molecule has 0 bridgehead atoms. The van der Waals surface area contributed by atoms with Crippen LogP contribution in [0.3, 0.4) is 0 Å². The third-order valence-electron chi connectivity index (χ3n) is 2.98. The van der Waals surface area contributed by atoms with Crippen LogP contribution < -0.4 is 9.64 Å². The summed E-state index contributed by atoms with van der Waals surface area (Å²) in [5, 5.41) is 1.20. The number of rotatable bonds is 4. The molecule has 1 aromatic heterocycles. The van der Waals surface area contributed by atoms with Crippen LogP contribution in [-0.4, -0.2) is 7.05 Å². The van der Waals surface area contributed by atoms with Gasteiger partial charge >= 0.3 is 0 Å².